The van der Waals surface area contributed by atoms with Crippen molar-refractivity contribution in [1.82, 2.24) is 4.98 Å². The topological polar surface area (TPSA) is 29.3 Å². The molecule has 0 aromatic carbocycles. The van der Waals surface area contributed by atoms with E-state index in [0.717, 1.165) is 30.7 Å². The van der Waals surface area contributed by atoms with Gasteiger partial charge in [-0.25, -0.2) is 0 Å². The van der Waals surface area contributed by atoms with Gasteiger partial charge in [-0.15, -0.1) is 0 Å². The molecule has 0 unspecified atom stereocenters. The molecule has 0 amide bonds. The predicted octanol–water partition coefficient (Wildman–Crippen LogP) is 2.22. The molecule has 0 atom stereocenters. The smallest absolute Gasteiger partial charge is 0.297 e. The van der Waals surface area contributed by atoms with Crippen molar-refractivity contribution in [3.63, 3.8) is 0 Å². The molecule has 0 aliphatic carbocycles. The molecule has 1 saturated heterocycles. The van der Waals surface area contributed by atoms with Crippen molar-refractivity contribution in [3.8, 4) is 0 Å². The van der Waals surface area contributed by atoms with E-state index in [1.54, 1.807) is 6.26 Å². The SMILES string of the molecule is Cc1coc(N2CCC(C)CC2)n1. The van der Waals surface area contributed by atoms with Gasteiger partial charge >= 0.3 is 0 Å². The highest BCUT2D eigenvalue weighted by Gasteiger charge is 2.18. The molecule has 0 bridgehead atoms. The van der Waals surface area contributed by atoms with E-state index in [9.17, 15) is 0 Å². The minimum atomic E-state index is 0.796. The Bertz CT molecular complexity index is 274. The number of anilines is 1. The molecule has 3 nitrogen and oxygen atoms in total. The molecule has 0 spiro atoms. The zero-order valence-corrected chi connectivity index (χ0v) is 8.29. The monoisotopic (exact) mass is 180 g/mol. The van der Waals surface area contributed by atoms with Gasteiger partial charge in [-0.05, 0) is 25.7 Å². The highest BCUT2D eigenvalue weighted by Crippen LogP contribution is 2.21. The van der Waals surface area contributed by atoms with Gasteiger partial charge in [0.15, 0.2) is 0 Å². The third-order valence-electron chi connectivity index (χ3n) is 2.66. The van der Waals surface area contributed by atoms with Crippen LogP contribution in [0.3, 0.4) is 0 Å². The van der Waals surface area contributed by atoms with Gasteiger partial charge in [0, 0.05) is 13.1 Å². The van der Waals surface area contributed by atoms with Crippen LogP contribution in [0.5, 0.6) is 0 Å². The summed E-state index contributed by atoms with van der Waals surface area (Å²) < 4.78 is 5.35. The molecule has 2 heterocycles. The molecule has 2 rings (SSSR count). The minimum absolute atomic E-state index is 0.796. The van der Waals surface area contributed by atoms with Gasteiger partial charge < -0.3 is 9.32 Å². The van der Waals surface area contributed by atoms with E-state index in [0.29, 0.717) is 0 Å². The number of aromatic nitrogens is 1. The second-order valence-electron chi connectivity index (χ2n) is 3.94. The van der Waals surface area contributed by atoms with Crippen molar-refractivity contribution in [1.29, 1.82) is 0 Å². The van der Waals surface area contributed by atoms with Gasteiger partial charge in [0.2, 0.25) is 0 Å². The minimum Gasteiger partial charge on any atom is -0.432 e. The van der Waals surface area contributed by atoms with Gasteiger partial charge in [0.25, 0.3) is 6.01 Å². The van der Waals surface area contributed by atoms with Crippen LogP contribution < -0.4 is 4.90 Å². The maximum atomic E-state index is 5.35. The summed E-state index contributed by atoms with van der Waals surface area (Å²) in [5.41, 5.74) is 0.966. The number of nitrogens with zero attached hydrogens (tertiary/aromatic N) is 2. The summed E-state index contributed by atoms with van der Waals surface area (Å²) in [5, 5.41) is 0. The summed E-state index contributed by atoms with van der Waals surface area (Å²) >= 11 is 0. The van der Waals surface area contributed by atoms with Crippen molar-refractivity contribution >= 4 is 6.01 Å². The highest BCUT2D eigenvalue weighted by molar-refractivity contribution is 5.27. The van der Waals surface area contributed by atoms with Crippen LogP contribution in [0.4, 0.5) is 6.01 Å². The fraction of sp³-hybridized carbons (Fsp3) is 0.700. The Hall–Kier alpha value is -0.990. The molecule has 1 aromatic rings. The Kier molecular flexibility index (Phi) is 2.25. The fourth-order valence-corrected chi connectivity index (χ4v) is 1.69. The van der Waals surface area contributed by atoms with E-state index < -0.39 is 0 Å². The number of hydrogen-bond donors (Lipinski definition) is 0. The quantitative estimate of drug-likeness (QED) is 0.663. The van der Waals surface area contributed by atoms with Crippen LogP contribution in [0, 0.1) is 12.8 Å². The molecular weight excluding hydrogens is 164 g/mol. The fourth-order valence-electron chi connectivity index (χ4n) is 1.69. The van der Waals surface area contributed by atoms with Crippen molar-refractivity contribution in [2.45, 2.75) is 26.7 Å². The molecule has 1 aliphatic rings. The maximum Gasteiger partial charge on any atom is 0.297 e. The van der Waals surface area contributed by atoms with Crippen molar-refractivity contribution in [3.05, 3.63) is 12.0 Å². The molecule has 72 valence electrons. The van der Waals surface area contributed by atoms with Crippen LogP contribution in [0.1, 0.15) is 25.5 Å². The lowest BCUT2D eigenvalue weighted by molar-refractivity contribution is 0.413. The first kappa shape index (κ1) is 8.60. The Labute approximate surface area is 78.8 Å². The van der Waals surface area contributed by atoms with E-state index in [-0.39, 0.29) is 0 Å². The standard InChI is InChI=1S/C10H16N2O/c1-8-3-5-12(6-4-8)10-11-9(2)7-13-10/h7-8H,3-6H2,1-2H3. The third kappa shape index (κ3) is 1.85. The molecule has 0 N–H and O–H groups in total. The predicted molar refractivity (Wildman–Crippen MR) is 51.9 cm³/mol. The molecular formula is C10H16N2O. The second-order valence-corrected chi connectivity index (χ2v) is 3.94. The first-order valence-electron chi connectivity index (χ1n) is 4.93. The molecule has 1 aromatic heterocycles. The normalized spacial score (nSPS) is 19.4. The first-order chi connectivity index (χ1) is 6.25. The Morgan fingerprint density at radius 2 is 2.15 bits per heavy atom. The van der Waals surface area contributed by atoms with Gasteiger partial charge in [-0.3, -0.25) is 0 Å². The molecule has 1 fully saturated rings. The van der Waals surface area contributed by atoms with Crippen LogP contribution in [-0.4, -0.2) is 18.1 Å². The summed E-state index contributed by atoms with van der Waals surface area (Å²) in [6.07, 6.45) is 4.22. The highest BCUT2D eigenvalue weighted by atomic mass is 16.4. The number of rotatable bonds is 1. The van der Waals surface area contributed by atoms with E-state index in [1.807, 2.05) is 6.92 Å². The lowest BCUT2D eigenvalue weighted by Crippen LogP contribution is -2.32. The Morgan fingerprint density at radius 1 is 1.46 bits per heavy atom. The lowest BCUT2D eigenvalue weighted by atomic mass is 10.00. The average molecular weight is 180 g/mol. The second kappa shape index (κ2) is 3.40. The number of oxazole rings is 1. The Balaban J connectivity index is 2.02. The summed E-state index contributed by atoms with van der Waals surface area (Å²) in [7, 11) is 0. The van der Waals surface area contributed by atoms with E-state index in [2.05, 4.69) is 16.8 Å². The van der Waals surface area contributed by atoms with Gasteiger partial charge in [-0.2, -0.15) is 4.98 Å². The Morgan fingerprint density at radius 3 is 2.69 bits per heavy atom. The van der Waals surface area contributed by atoms with Crippen LogP contribution >= 0.6 is 0 Å². The van der Waals surface area contributed by atoms with E-state index in [4.69, 9.17) is 4.42 Å². The van der Waals surface area contributed by atoms with E-state index >= 15 is 0 Å². The van der Waals surface area contributed by atoms with Gasteiger partial charge in [-0.1, -0.05) is 6.92 Å². The van der Waals surface area contributed by atoms with Crippen LogP contribution in [-0.2, 0) is 0 Å². The largest absolute Gasteiger partial charge is 0.432 e. The van der Waals surface area contributed by atoms with Crippen molar-refractivity contribution in [2.24, 2.45) is 5.92 Å². The van der Waals surface area contributed by atoms with Crippen LogP contribution in [0.15, 0.2) is 10.7 Å². The molecule has 13 heavy (non-hydrogen) atoms. The summed E-state index contributed by atoms with van der Waals surface area (Å²) in [5.74, 6) is 0.854. The first-order valence-corrected chi connectivity index (χ1v) is 4.93. The van der Waals surface area contributed by atoms with Crippen molar-refractivity contribution < 1.29 is 4.42 Å². The lowest BCUT2D eigenvalue weighted by Gasteiger charge is -2.28. The maximum absolute atomic E-state index is 5.35. The summed E-state index contributed by atoms with van der Waals surface area (Å²) in [6.45, 7) is 6.43. The molecule has 0 radical (unpaired) electrons. The third-order valence-corrected chi connectivity index (χ3v) is 2.66. The van der Waals surface area contributed by atoms with Gasteiger partial charge in [0.05, 0.1) is 5.69 Å². The number of aryl methyl sites for hydroxylation is 1. The number of piperidine rings is 1. The summed E-state index contributed by atoms with van der Waals surface area (Å²) in [6, 6.07) is 0.796. The molecule has 3 heteroatoms. The average Bonchev–Trinajstić information content (AvgIpc) is 2.53. The zero-order chi connectivity index (χ0) is 9.26. The number of hydrogen-bond acceptors (Lipinski definition) is 3. The van der Waals surface area contributed by atoms with Gasteiger partial charge in [0.1, 0.15) is 6.26 Å². The van der Waals surface area contributed by atoms with Crippen molar-refractivity contribution in [2.75, 3.05) is 18.0 Å². The molecule has 1 aliphatic heterocycles. The van der Waals surface area contributed by atoms with Crippen LogP contribution in [0.25, 0.3) is 0 Å². The van der Waals surface area contributed by atoms with E-state index in [1.165, 1.54) is 12.8 Å². The van der Waals surface area contributed by atoms with Crippen LogP contribution in [0.2, 0.25) is 0 Å². The zero-order valence-electron chi connectivity index (χ0n) is 8.29. The molecule has 0 saturated carbocycles. The summed E-state index contributed by atoms with van der Waals surface area (Å²) in [4.78, 5) is 6.55.